The number of hydrogen-bond donors (Lipinski definition) is 1. The summed E-state index contributed by atoms with van der Waals surface area (Å²) in [6, 6.07) is 0.111. The largest absolute Gasteiger partial charge is 0.382 e. The molecule has 0 unspecified atom stereocenters. The number of nitrogens with zero attached hydrogens (tertiary/aromatic N) is 2. The molecule has 156 valence electrons. The number of thioether (sulfide) groups is 1. The van der Waals surface area contributed by atoms with Crippen molar-refractivity contribution < 1.29 is 9.53 Å². The molecule has 0 saturated heterocycles. The summed E-state index contributed by atoms with van der Waals surface area (Å²) in [7, 11) is 0. The van der Waals surface area contributed by atoms with Gasteiger partial charge in [-0.05, 0) is 45.6 Å². The Labute approximate surface area is 175 Å². The van der Waals surface area contributed by atoms with Gasteiger partial charge < -0.3 is 10.1 Å². The first-order valence-corrected chi connectivity index (χ1v) is 11.6. The number of carbonyl (C=O) groups is 1. The number of aryl methyl sites for hydroxylation is 2. The molecule has 2 aromatic heterocycles. The Hall–Kier alpha value is -1.38. The summed E-state index contributed by atoms with van der Waals surface area (Å²) in [6.45, 7) is 13.9. The van der Waals surface area contributed by atoms with Gasteiger partial charge in [0.15, 0.2) is 5.16 Å². The highest BCUT2D eigenvalue weighted by Gasteiger charge is 2.18. The monoisotopic (exact) mass is 425 g/mol. The van der Waals surface area contributed by atoms with Gasteiger partial charge in [-0.1, -0.05) is 25.6 Å². The molecule has 0 aliphatic rings. The maximum atomic E-state index is 13.1. The van der Waals surface area contributed by atoms with Crippen LogP contribution < -0.4 is 10.9 Å². The van der Waals surface area contributed by atoms with Gasteiger partial charge in [0.2, 0.25) is 5.91 Å². The lowest BCUT2D eigenvalue weighted by molar-refractivity contribution is -0.119. The van der Waals surface area contributed by atoms with Crippen LogP contribution in [0.2, 0.25) is 0 Å². The van der Waals surface area contributed by atoms with Crippen molar-refractivity contribution in [3.8, 4) is 0 Å². The van der Waals surface area contributed by atoms with Gasteiger partial charge in [-0.15, -0.1) is 11.3 Å². The second-order valence-corrected chi connectivity index (χ2v) is 9.40. The molecular weight excluding hydrogens is 394 g/mol. The zero-order valence-corrected chi connectivity index (χ0v) is 19.3. The third-order valence-corrected chi connectivity index (χ3v) is 6.93. The van der Waals surface area contributed by atoms with E-state index in [0.29, 0.717) is 36.2 Å². The molecule has 6 nitrogen and oxygen atoms in total. The summed E-state index contributed by atoms with van der Waals surface area (Å²) in [5.41, 5.74) is 0.970. The molecule has 1 N–H and O–H groups in total. The van der Waals surface area contributed by atoms with E-state index in [1.165, 1.54) is 23.1 Å². The Morgan fingerprint density at radius 2 is 2.04 bits per heavy atom. The summed E-state index contributed by atoms with van der Waals surface area (Å²) >= 11 is 2.86. The maximum Gasteiger partial charge on any atom is 0.263 e. The molecule has 2 aromatic rings. The zero-order valence-electron chi connectivity index (χ0n) is 17.6. The van der Waals surface area contributed by atoms with E-state index in [4.69, 9.17) is 9.72 Å². The first-order valence-electron chi connectivity index (χ1n) is 9.76. The van der Waals surface area contributed by atoms with Gasteiger partial charge in [-0.3, -0.25) is 14.2 Å². The predicted octanol–water partition coefficient (Wildman–Crippen LogP) is 3.75. The number of ether oxygens (including phenoxy) is 1. The highest BCUT2D eigenvalue weighted by Crippen LogP contribution is 2.28. The average Bonchev–Trinajstić information content (AvgIpc) is 2.92. The lowest BCUT2D eigenvalue weighted by atomic mass is 10.1. The highest BCUT2D eigenvalue weighted by molar-refractivity contribution is 7.99. The topological polar surface area (TPSA) is 73.2 Å². The fourth-order valence-electron chi connectivity index (χ4n) is 2.68. The van der Waals surface area contributed by atoms with Crippen LogP contribution in [0.1, 0.15) is 44.6 Å². The predicted molar refractivity (Wildman–Crippen MR) is 118 cm³/mol. The fraction of sp³-hybridized carbons (Fsp3) is 0.650. The third kappa shape index (κ3) is 5.58. The van der Waals surface area contributed by atoms with Crippen molar-refractivity contribution >= 4 is 39.2 Å². The van der Waals surface area contributed by atoms with Gasteiger partial charge in [0.1, 0.15) is 4.83 Å². The molecule has 2 rings (SSSR count). The van der Waals surface area contributed by atoms with E-state index in [2.05, 4.69) is 19.2 Å². The van der Waals surface area contributed by atoms with Crippen molar-refractivity contribution in [3.63, 3.8) is 0 Å². The van der Waals surface area contributed by atoms with E-state index < -0.39 is 0 Å². The van der Waals surface area contributed by atoms with E-state index in [1.807, 2.05) is 27.7 Å². The Kier molecular flexibility index (Phi) is 8.52. The smallest absolute Gasteiger partial charge is 0.263 e. The Bertz CT molecular complexity index is 874. The van der Waals surface area contributed by atoms with Crippen LogP contribution in [0, 0.1) is 19.8 Å². The van der Waals surface area contributed by atoms with Crippen LogP contribution in [-0.4, -0.2) is 40.5 Å². The molecule has 0 aliphatic carbocycles. The molecule has 0 bridgehead atoms. The number of aromatic nitrogens is 2. The lowest BCUT2D eigenvalue weighted by Gasteiger charge is -2.17. The zero-order chi connectivity index (χ0) is 20.8. The molecule has 2 heterocycles. The molecule has 0 aromatic carbocycles. The molecular formula is C20H31N3O3S2. The van der Waals surface area contributed by atoms with Crippen LogP contribution in [0.15, 0.2) is 9.95 Å². The standard InChI is InChI=1S/C20H31N3O3S2/c1-7-26-10-8-9-23-19(25)17-13(4)15(6)28-18(17)22-20(23)27-11-16(24)21-14(5)12(2)3/h12,14H,7-11H2,1-6H3,(H,21,24)/t14-/m0/s1. The molecule has 0 fully saturated rings. The summed E-state index contributed by atoms with van der Waals surface area (Å²) in [5, 5.41) is 4.30. The Morgan fingerprint density at radius 1 is 1.32 bits per heavy atom. The van der Waals surface area contributed by atoms with E-state index in [9.17, 15) is 9.59 Å². The number of hydrogen-bond acceptors (Lipinski definition) is 6. The van der Waals surface area contributed by atoms with Crippen LogP contribution in [0.4, 0.5) is 0 Å². The van der Waals surface area contributed by atoms with Gasteiger partial charge in [0.25, 0.3) is 5.56 Å². The summed E-state index contributed by atoms with van der Waals surface area (Å²) in [4.78, 5) is 32.0. The first-order chi connectivity index (χ1) is 13.3. The second-order valence-electron chi connectivity index (χ2n) is 7.25. The van der Waals surface area contributed by atoms with Gasteiger partial charge in [0.05, 0.1) is 11.1 Å². The highest BCUT2D eigenvalue weighted by atomic mass is 32.2. The van der Waals surface area contributed by atoms with Crippen molar-refractivity contribution in [3.05, 3.63) is 20.8 Å². The van der Waals surface area contributed by atoms with Crippen LogP contribution in [-0.2, 0) is 16.1 Å². The molecule has 0 radical (unpaired) electrons. The lowest BCUT2D eigenvalue weighted by Crippen LogP contribution is -2.37. The summed E-state index contributed by atoms with van der Waals surface area (Å²) < 4.78 is 7.11. The minimum Gasteiger partial charge on any atom is -0.382 e. The van der Waals surface area contributed by atoms with Crippen molar-refractivity contribution in [1.29, 1.82) is 0 Å². The van der Waals surface area contributed by atoms with Gasteiger partial charge in [-0.2, -0.15) is 0 Å². The third-order valence-electron chi connectivity index (χ3n) is 4.85. The van der Waals surface area contributed by atoms with E-state index in [1.54, 1.807) is 4.57 Å². The summed E-state index contributed by atoms with van der Waals surface area (Å²) in [5.74, 6) is 0.571. The van der Waals surface area contributed by atoms with Crippen molar-refractivity contribution in [2.24, 2.45) is 5.92 Å². The molecule has 8 heteroatoms. The number of thiophene rings is 1. The fourth-order valence-corrected chi connectivity index (χ4v) is 4.58. The first kappa shape index (κ1) is 22.9. The number of amides is 1. The van der Waals surface area contributed by atoms with Crippen LogP contribution in [0.3, 0.4) is 0 Å². The van der Waals surface area contributed by atoms with Crippen molar-refractivity contribution in [1.82, 2.24) is 14.9 Å². The quantitative estimate of drug-likeness (QED) is 0.356. The molecule has 1 amide bonds. The number of fused-ring (bicyclic) bond motifs is 1. The average molecular weight is 426 g/mol. The molecule has 28 heavy (non-hydrogen) atoms. The van der Waals surface area contributed by atoms with E-state index in [-0.39, 0.29) is 23.3 Å². The SMILES string of the molecule is CCOCCCn1c(SCC(=O)N[C@@H](C)C(C)C)nc2sc(C)c(C)c2c1=O. The summed E-state index contributed by atoms with van der Waals surface area (Å²) in [6.07, 6.45) is 0.729. The van der Waals surface area contributed by atoms with Crippen LogP contribution >= 0.6 is 23.1 Å². The number of rotatable bonds is 10. The molecule has 0 spiro atoms. The Balaban J connectivity index is 2.26. The van der Waals surface area contributed by atoms with Crippen LogP contribution in [0.25, 0.3) is 10.2 Å². The van der Waals surface area contributed by atoms with Gasteiger partial charge in [0, 0.05) is 30.7 Å². The number of carbonyl (C=O) groups excluding carboxylic acids is 1. The normalized spacial score (nSPS) is 12.7. The van der Waals surface area contributed by atoms with Crippen molar-refractivity contribution in [2.75, 3.05) is 19.0 Å². The van der Waals surface area contributed by atoms with E-state index in [0.717, 1.165) is 21.7 Å². The molecule has 0 aliphatic heterocycles. The van der Waals surface area contributed by atoms with Crippen molar-refractivity contribution in [2.45, 2.75) is 65.7 Å². The molecule has 0 saturated carbocycles. The van der Waals surface area contributed by atoms with E-state index >= 15 is 0 Å². The minimum absolute atomic E-state index is 0.0261. The minimum atomic E-state index is -0.0417. The van der Waals surface area contributed by atoms with Gasteiger partial charge >= 0.3 is 0 Å². The van der Waals surface area contributed by atoms with Gasteiger partial charge in [-0.25, -0.2) is 4.98 Å². The van der Waals surface area contributed by atoms with Crippen LogP contribution in [0.5, 0.6) is 0 Å². The number of nitrogens with one attached hydrogen (secondary N) is 1. The Morgan fingerprint density at radius 3 is 2.68 bits per heavy atom. The second kappa shape index (κ2) is 10.4. The maximum absolute atomic E-state index is 13.1. The molecule has 1 atom stereocenters.